The molecule has 0 saturated carbocycles. The van der Waals surface area contributed by atoms with E-state index in [1.54, 1.807) is 12.3 Å². The minimum atomic E-state index is -0.0234. The normalized spacial score (nSPS) is 9.20. The van der Waals surface area contributed by atoms with E-state index in [1.807, 2.05) is 13.1 Å². The SMILES string of the molecule is CNCCC#Cc1ccc(C(C)=O)nc1. The highest BCUT2D eigenvalue weighted by Crippen LogP contribution is 1.99. The van der Waals surface area contributed by atoms with Crippen molar-refractivity contribution in [2.75, 3.05) is 13.6 Å². The number of nitrogens with one attached hydrogen (secondary N) is 1. The number of pyridine rings is 1. The van der Waals surface area contributed by atoms with Crippen molar-refractivity contribution in [3.05, 3.63) is 29.6 Å². The Kier molecular flexibility index (Phi) is 4.52. The number of carbonyl (C=O) groups excluding carboxylic acids is 1. The van der Waals surface area contributed by atoms with Gasteiger partial charge in [-0.1, -0.05) is 11.8 Å². The second kappa shape index (κ2) is 5.94. The van der Waals surface area contributed by atoms with Crippen LogP contribution >= 0.6 is 0 Å². The second-order valence-corrected chi connectivity index (χ2v) is 3.14. The van der Waals surface area contributed by atoms with E-state index in [4.69, 9.17) is 0 Å². The summed E-state index contributed by atoms with van der Waals surface area (Å²) in [6.45, 7) is 2.38. The van der Waals surface area contributed by atoms with Crippen molar-refractivity contribution in [3.8, 4) is 11.8 Å². The highest BCUT2D eigenvalue weighted by Gasteiger charge is 1.98. The molecule has 1 heterocycles. The van der Waals surface area contributed by atoms with Gasteiger partial charge in [-0.15, -0.1) is 0 Å². The summed E-state index contributed by atoms with van der Waals surface area (Å²) >= 11 is 0. The maximum absolute atomic E-state index is 10.9. The molecule has 0 amide bonds. The van der Waals surface area contributed by atoms with E-state index in [9.17, 15) is 4.79 Å². The summed E-state index contributed by atoms with van der Waals surface area (Å²) in [5.41, 5.74) is 1.33. The van der Waals surface area contributed by atoms with Crippen LogP contribution in [-0.2, 0) is 0 Å². The standard InChI is InChI=1S/C12H14N2O/c1-10(15)12-7-6-11(9-14-12)5-3-4-8-13-2/h6-7,9,13H,4,8H2,1-2H3. The lowest BCUT2D eigenvalue weighted by atomic mass is 10.2. The molecule has 1 N–H and O–H groups in total. The van der Waals surface area contributed by atoms with Crippen LogP contribution in [0.2, 0.25) is 0 Å². The predicted octanol–water partition coefficient (Wildman–Crippen LogP) is 1.25. The van der Waals surface area contributed by atoms with Crippen LogP contribution < -0.4 is 5.32 Å². The fourth-order valence-electron chi connectivity index (χ4n) is 1.03. The van der Waals surface area contributed by atoms with Crippen LogP contribution in [0.15, 0.2) is 18.3 Å². The molecule has 0 saturated heterocycles. The van der Waals surface area contributed by atoms with E-state index >= 15 is 0 Å². The van der Waals surface area contributed by atoms with Crippen LogP contribution in [-0.4, -0.2) is 24.4 Å². The molecular formula is C12H14N2O. The number of nitrogens with zero attached hydrogens (tertiary/aromatic N) is 1. The number of ketones is 1. The highest BCUT2D eigenvalue weighted by molar-refractivity contribution is 5.92. The number of carbonyl (C=O) groups is 1. The van der Waals surface area contributed by atoms with Crippen molar-refractivity contribution in [1.82, 2.24) is 10.3 Å². The van der Waals surface area contributed by atoms with Gasteiger partial charge in [-0.05, 0) is 19.2 Å². The first kappa shape index (κ1) is 11.4. The molecule has 3 nitrogen and oxygen atoms in total. The monoisotopic (exact) mass is 202 g/mol. The predicted molar refractivity (Wildman–Crippen MR) is 59.7 cm³/mol. The Balaban J connectivity index is 2.63. The van der Waals surface area contributed by atoms with Crippen LogP contribution in [0, 0.1) is 11.8 Å². The van der Waals surface area contributed by atoms with Gasteiger partial charge in [0, 0.05) is 31.6 Å². The summed E-state index contributed by atoms with van der Waals surface area (Å²) < 4.78 is 0. The quantitative estimate of drug-likeness (QED) is 0.455. The number of hydrogen-bond donors (Lipinski definition) is 1. The van der Waals surface area contributed by atoms with E-state index in [2.05, 4.69) is 22.1 Å². The molecule has 0 unspecified atom stereocenters. The van der Waals surface area contributed by atoms with Crippen molar-refractivity contribution in [3.63, 3.8) is 0 Å². The van der Waals surface area contributed by atoms with Crippen LogP contribution in [0.5, 0.6) is 0 Å². The molecule has 1 aromatic heterocycles. The molecule has 0 fully saturated rings. The summed E-state index contributed by atoms with van der Waals surface area (Å²) in [6, 6.07) is 3.51. The summed E-state index contributed by atoms with van der Waals surface area (Å²) in [5.74, 6) is 5.97. The third-order valence-electron chi connectivity index (χ3n) is 1.86. The Morgan fingerprint density at radius 2 is 2.33 bits per heavy atom. The first-order chi connectivity index (χ1) is 7.24. The summed E-state index contributed by atoms with van der Waals surface area (Å²) in [6.07, 6.45) is 2.44. The van der Waals surface area contributed by atoms with Crippen molar-refractivity contribution < 1.29 is 4.79 Å². The third-order valence-corrected chi connectivity index (χ3v) is 1.86. The maximum Gasteiger partial charge on any atom is 0.178 e. The van der Waals surface area contributed by atoms with Gasteiger partial charge in [-0.3, -0.25) is 9.78 Å². The molecule has 1 aromatic rings. The zero-order chi connectivity index (χ0) is 11.1. The third kappa shape index (κ3) is 3.92. The van der Waals surface area contributed by atoms with Gasteiger partial charge in [0.15, 0.2) is 5.78 Å². The molecule has 0 aliphatic carbocycles. The Morgan fingerprint density at radius 1 is 1.53 bits per heavy atom. The Bertz CT molecular complexity index is 384. The van der Waals surface area contributed by atoms with Crippen LogP contribution in [0.3, 0.4) is 0 Å². The lowest BCUT2D eigenvalue weighted by Crippen LogP contribution is -2.05. The van der Waals surface area contributed by atoms with Crippen LogP contribution in [0.1, 0.15) is 29.4 Å². The molecule has 0 aliphatic rings. The average molecular weight is 202 g/mol. The first-order valence-electron chi connectivity index (χ1n) is 4.84. The molecule has 0 bridgehead atoms. The molecule has 0 aromatic carbocycles. The lowest BCUT2D eigenvalue weighted by Gasteiger charge is -1.93. The number of rotatable bonds is 3. The van der Waals surface area contributed by atoms with E-state index < -0.39 is 0 Å². The van der Waals surface area contributed by atoms with E-state index in [0.29, 0.717) is 5.69 Å². The Morgan fingerprint density at radius 3 is 2.87 bits per heavy atom. The molecule has 3 heteroatoms. The second-order valence-electron chi connectivity index (χ2n) is 3.14. The van der Waals surface area contributed by atoms with Crippen molar-refractivity contribution in [2.45, 2.75) is 13.3 Å². The van der Waals surface area contributed by atoms with E-state index in [-0.39, 0.29) is 5.78 Å². The molecule has 78 valence electrons. The maximum atomic E-state index is 10.9. The topological polar surface area (TPSA) is 42.0 Å². The minimum Gasteiger partial charge on any atom is -0.319 e. The highest BCUT2D eigenvalue weighted by atomic mass is 16.1. The average Bonchev–Trinajstić information content (AvgIpc) is 2.25. The molecule has 0 atom stereocenters. The van der Waals surface area contributed by atoms with Crippen molar-refractivity contribution in [1.29, 1.82) is 0 Å². The zero-order valence-electron chi connectivity index (χ0n) is 9.00. The fraction of sp³-hybridized carbons (Fsp3) is 0.333. The summed E-state index contributed by atoms with van der Waals surface area (Å²) in [7, 11) is 1.89. The molecule has 0 aliphatic heterocycles. The molecule has 1 rings (SSSR count). The Labute approximate surface area is 89.9 Å². The minimum absolute atomic E-state index is 0.0234. The van der Waals surface area contributed by atoms with Gasteiger partial charge >= 0.3 is 0 Å². The van der Waals surface area contributed by atoms with Crippen molar-refractivity contribution in [2.24, 2.45) is 0 Å². The van der Waals surface area contributed by atoms with E-state index in [0.717, 1.165) is 18.5 Å². The Hall–Kier alpha value is -1.66. The van der Waals surface area contributed by atoms with Gasteiger partial charge < -0.3 is 5.32 Å². The fourth-order valence-corrected chi connectivity index (χ4v) is 1.03. The number of aromatic nitrogens is 1. The van der Waals surface area contributed by atoms with Crippen LogP contribution in [0.4, 0.5) is 0 Å². The molecular weight excluding hydrogens is 188 g/mol. The van der Waals surface area contributed by atoms with Crippen molar-refractivity contribution >= 4 is 5.78 Å². The van der Waals surface area contributed by atoms with Gasteiger partial charge in [0.25, 0.3) is 0 Å². The summed E-state index contributed by atoms with van der Waals surface area (Å²) in [4.78, 5) is 15.0. The number of Topliss-reactive ketones (excluding diaryl/α,β-unsaturated/α-hetero) is 1. The van der Waals surface area contributed by atoms with Gasteiger partial charge in [-0.25, -0.2) is 0 Å². The number of hydrogen-bond acceptors (Lipinski definition) is 3. The lowest BCUT2D eigenvalue weighted by molar-refractivity contribution is 0.101. The molecule has 15 heavy (non-hydrogen) atoms. The summed E-state index contributed by atoms with van der Waals surface area (Å²) in [5, 5.41) is 3.02. The van der Waals surface area contributed by atoms with Gasteiger partial charge in [0.2, 0.25) is 0 Å². The van der Waals surface area contributed by atoms with Crippen LogP contribution in [0.25, 0.3) is 0 Å². The molecule has 0 radical (unpaired) electrons. The zero-order valence-corrected chi connectivity index (χ0v) is 9.00. The smallest absolute Gasteiger partial charge is 0.178 e. The van der Waals surface area contributed by atoms with E-state index in [1.165, 1.54) is 6.92 Å². The van der Waals surface area contributed by atoms with Gasteiger partial charge in [-0.2, -0.15) is 0 Å². The molecule has 0 spiro atoms. The first-order valence-corrected chi connectivity index (χ1v) is 4.84. The van der Waals surface area contributed by atoms with Gasteiger partial charge in [0.05, 0.1) is 0 Å². The van der Waals surface area contributed by atoms with Gasteiger partial charge in [0.1, 0.15) is 5.69 Å². The largest absolute Gasteiger partial charge is 0.319 e.